The summed E-state index contributed by atoms with van der Waals surface area (Å²) < 4.78 is 17.6. The van der Waals surface area contributed by atoms with Crippen molar-refractivity contribution in [2.75, 3.05) is 12.5 Å². The molecule has 12 heavy (non-hydrogen) atoms. The third-order valence-electron chi connectivity index (χ3n) is 1.33. The van der Waals surface area contributed by atoms with Gasteiger partial charge < -0.3 is 10.2 Å². The van der Waals surface area contributed by atoms with Gasteiger partial charge in [-0.15, -0.1) is 17.0 Å². The van der Waals surface area contributed by atoms with E-state index in [9.17, 15) is 4.39 Å². The van der Waals surface area contributed by atoms with Crippen LogP contribution in [0.5, 0.6) is 5.75 Å². The summed E-state index contributed by atoms with van der Waals surface area (Å²) in [5.74, 6) is 5.20. The van der Waals surface area contributed by atoms with Gasteiger partial charge in [0.25, 0.3) is 0 Å². The van der Waals surface area contributed by atoms with Gasteiger partial charge in [0, 0.05) is 6.07 Å². The highest BCUT2D eigenvalue weighted by atomic mass is 79.9. The Morgan fingerprint density at radius 1 is 1.50 bits per heavy atom. The molecule has 3 N–H and O–H groups in total. The Labute approximate surface area is 80.4 Å². The molecule has 0 saturated heterocycles. The molecule has 0 saturated carbocycles. The molecule has 0 amide bonds. The topological polar surface area (TPSA) is 47.3 Å². The number of hydrogen-bond donors (Lipinski definition) is 2. The van der Waals surface area contributed by atoms with Gasteiger partial charge in [0.15, 0.2) is 0 Å². The van der Waals surface area contributed by atoms with Crippen LogP contribution in [-0.4, -0.2) is 7.11 Å². The van der Waals surface area contributed by atoms with E-state index in [1.807, 2.05) is 0 Å². The summed E-state index contributed by atoms with van der Waals surface area (Å²) in [6.45, 7) is 0. The molecule has 0 heterocycles. The number of ether oxygens (including phenoxy) is 1. The molecule has 1 rings (SSSR count). The van der Waals surface area contributed by atoms with Gasteiger partial charge in [-0.3, -0.25) is 5.84 Å². The first-order chi connectivity index (χ1) is 5.27. The van der Waals surface area contributed by atoms with E-state index in [0.29, 0.717) is 5.75 Å². The van der Waals surface area contributed by atoms with Crippen LogP contribution in [0.25, 0.3) is 0 Å². The number of rotatable bonds is 2. The van der Waals surface area contributed by atoms with E-state index in [1.165, 1.54) is 25.3 Å². The first-order valence-corrected chi connectivity index (χ1v) is 3.08. The van der Waals surface area contributed by atoms with Crippen LogP contribution < -0.4 is 16.0 Å². The van der Waals surface area contributed by atoms with Gasteiger partial charge in [-0.05, 0) is 12.1 Å². The third kappa shape index (κ3) is 2.35. The molecule has 0 aliphatic carbocycles. The minimum atomic E-state index is -0.395. The van der Waals surface area contributed by atoms with Gasteiger partial charge in [0.05, 0.1) is 12.8 Å². The standard InChI is InChI=1S/C7H9FN2O.BrH/c1-11-5-2-3-6(8)7(4-5)10-9;/h2-4,10H,9H2,1H3;1H. The fourth-order valence-electron chi connectivity index (χ4n) is 0.742. The van der Waals surface area contributed by atoms with Gasteiger partial charge in [-0.25, -0.2) is 4.39 Å². The Morgan fingerprint density at radius 3 is 2.67 bits per heavy atom. The molecule has 0 fully saturated rings. The first-order valence-electron chi connectivity index (χ1n) is 3.08. The lowest BCUT2D eigenvalue weighted by Gasteiger charge is -2.03. The predicted octanol–water partition coefficient (Wildman–Crippen LogP) is 1.70. The van der Waals surface area contributed by atoms with Gasteiger partial charge in [0.2, 0.25) is 0 Å². The molecule has 0 spiro atoms. The van der Waals surface area contributed by atoms with Gasteiger partial charge in [0.1, 0.15) is 11.6 Å². The molecule has 0 aliphatic heterocycles. The second kappa shape index (κ2) is 4.95. The van der Waals surface area contributed by atoms with Crippen molar-refractivity contribution < 1.29 is 9.13 Å². The van der Waals surface area contributed by atoms with Crippen LogP contribution in [0.3, 0.4) is 0 Å². The second-order valence-electron chi connectivity index (χ2n) is 1.99. The number of anilines is 1. The Kier molecular flexibility index (Phi) is 4.61. The van der Waals surface area contributed by atoms with Gasteiger partial charge in [-0.2, -0.15) is 0 Å². The zero-order valence-corrected chi connectivity index (χ0v) is 8.22. The molecule has 5 heteroatoms. The number of methoxy groups -OCH3 is 1. The molecule has 1 aromatic carbocycles. The largest absolute Gasteiger partial charge is 0.497 e. The van der Waals surface area contributed by atoms with E-state index in [1.54, 1.807) is 0 Å². The van der Waals surface area contributed by atoms with Crippen molar-refractivity contribution in [3.05, 3.63) is 24.0 Å². The monoisotopic (exact) mass is 236 g/mol. The summed E-state index contributed by atoms with van der Waals surface area (Å²) in [6.07, 6.45) is 0. The average Bonchev–Trinajstić information content (AvgIpc) is 2.05. The highest BCUT2D eigenvalue weighted by Crippen LogP contribution is 2.19. The number of halogens is 2. The van der Waals surface area contributed by atoms with Crippen molar-refractivity contribution in [3.63, 3.8) is 0 Å². The first kappa shape index (κ1) is 11.2. The maximum absolute atomic E-state index is 12.7. The van der Waals surface area contributed by atoms with Crippen LogP contribution in [-0.2, 0) is 0 Å². The van der Waals surface area contributed by atoms with E-state index in [-0.39, 0.29) is 22.7 Å². The molecule has 0 aromatic heterocycles. The Bertz CT molecular complexity index is 257. The fourth-order valence-corrected chi connectivity index (χ4v) is 0.742. The predicted molar refractivity (Wildman–Crippen MR) is 51.1 cm³/mol. The average molecular weight is 237 g/mol. The number of benzene rings is 1. The molecule has 0 bridgehead atoms. The number of nitrogens with two attached hydrogens (primary N) is 1. The van der Waals surface area contributed by atoms with Crippen LogP contribution in [0, 0.1) is 5.82 Å². The minimum Gasteiger partial charge on any atom is -0.497 e. The summed E-state index contributed by atoms with van der Waals surface area (Å²) in [5.41, 5.74) is 2.44. The summed E-state index contributed by atoms with van der Waals surface area (Å²) in [6, 6.07) is 4.29. The minimum absolute atomic E-state index is 0. The SMILES string of the molecule is Br.COc1ccc(F)c(NN)c1. The highest BCUT2D eigenvalue weighted by Gasteiger charge is 2.00. The van der Waals surface area contributed by atoms with Crippen molar-refractivity contribution >= 4 is 22.7 Å². The molecular weight excluding hydrogens is 227 g/mol. The van der Waals surface area contributed by atoms with Crippen molar-refractivity contribution in [2.24, 2.45) is 5.84 Å². The van der Waals surface area contributed by atoms with Gasteiger partial charge >= 0.3 is 0 Å². The van der Waals surface area contributed by atoms with Crippen LogP contribution >= 0.6 is 17.0 Å². The van der Waals surface area contributed by atoms with Crippen molar-refractivity contribution in [1.82, 2.24) is 0 Å². The third-order valence-corrected chi connectivity index (χ3v) is 1.33. The van der Waals surface area contributed by atoms with E-state index < -0.39 is 5.82 Å². The lowest BCUT2D eigenvalue weighted by molar-refractivity contribution is 0.414. The highest BCUT2D eigenvalue weighted by molar-refractivity contribution is 8.93. The molecule has 68 valence electrons. The van der Waals surface area contributed by atoms with Crippen LogP contribution in [0.15, 0.2) is 18.2 Å². The van der Waals surface area contributed by atoms with Crippen LogP contribution in [0.4, 0.5) is 10.1 Å². The Morgan fingerprint density at radius 2 is 2.17 bits per heavy atom. The van der Waals surface area contributed by atoms with E-state index >= 15 is 0 Å². The molecule has 0 aliphatic rings. The van der Waals surface area contributed by atoms with Gasteiger partial charge in [-0.1, -0.05) is 0 Å². The normalized spacial score (nSPS) is 8.58. The van der Waals surface area contributed by atoms with E-state index in [4.69, 9.17) is 10.6 Å². The molecule has 1 aromatic rings. The smallest absolute Gasteiger partial charge is 0.147 e. The van der Waals surface area contributed by atoms with E-state index in [2.05, 4.69) is 5.43 Å². The molecule has 3 nitrogen and oxygen atoms in total. The maximum atomic E-state index is 12.7. The summed E-state index contributed by atoms with van der Waals surface area (Å²) in [4.78, 5) is 0. The number of hydrogen-bond acceptors (Lipinski definition) is 3. The zero-order valence-electron chi connectivity index (χ0n) is 6.50. The lowest BCUT2D eigenvalue weighted by Crippen LogP contribution is -2.08. The molecule has 0 unspecified atom stereocenters. The van der Waals surface area contributed by atoms with Crippen molar-refractivity contribution in [2.45, 2.75) is 0 Å². The summed E-state index contributed by atoms with van der Waals surface area (Å²) in [5, 5.41) is 0. The van der Waals surface area contributed by atoms with Crippen LogP contribution in [0.2, 0.25) is 0 Å². The molecule has 0 atom stereocenters. The zero-order chi connectivity index (χ0) is 8.27. The quantitative estimate of drug-likeness (QED) is 0.607. The van der Waals surface area contributed by atoms with E-state index in [0.717, 1.165) is 0 Å². The lowest BCUT2D eigenvalue weighted by atomic mass is 10.3. The maximum Gasteiger partial charge on any atom is 0.147 e. The van der Waals surface area contributed by atoms with Crippen LogP contribution in [0.1, 0.15) is 0 Å². The number of nitrogen functional groups attached to an aromatic ring is 1. The second-order valence-corrected chi connectivity index (χ2v) is 1.99. The fraction of sp³-hybridized carbons (Fsp3) is 0.143. The Hall–Kier alpha value is -0.810. The molecule has 0 radical (unpaired) electrons. The number of hydrazine groups is 1. The molecular formula is C7H10BrFN2O. The van der Waals surface area contributed by atoms with Crippen molar-refractivity contribution in [1.29, 1.82) is 0 Å². The number of nitrogens with one attached hydrogen (secondary N) is 1. The Balaban J connectivity index is 0.00000121. The summed E-state index contributed by atoms with van der Waals surface area (Å²) >= 11 is 0. The van der Waals surface area contributed by atoms with Crippen molar-refractivity contribution in [3.8, 4) is 5.75 Å². The summed E-state index contributed by atoms with van der Waals surface area (Å²) in [7, 11) is 1.51.